The van der Waals surface area contributed by atoms with E-state index in [1.165, 1.54) is 0 Å². The van der Waals surface area contributed by atoms with Crippen molar-refractivity contribution in [1.29, 1.82) is 0 Å². The van der Waals surface area contributed by atoms with E-state index in [0.717, 1.165) is 0 Å². The molecule has 0 N–H and O–H groups in total. The van der Waals surface area contributed by atoms with Crippen LogP contribution >= 0.6 is 0 Å². The molecule has 0 fully saturated rings. The Bertz CT molecular complexity index is 23.1. The van der Waals surface area contributed by atoms with Gasteiger partial charge in [-0.25, -0.2) is 8.78 Å². The molecule has 0 aromatic rings. The third-order valence-electron chi connectivity index (χ3n) is 0. The van der Waals surface area contributed by atoms with Crippen LogP contribution in [-0.4, -0.2) is 6.11 Å². The van der Waals surface area contributed by atoms with E-state index in [-0.39, 0.29) is 0 Å². The number of hydrogen-bond acceptors (Lipinski definition) is 1. The minimum absolute atomic E-state index is 0.299. The fraction of sp³-hybridized carbons (Fsp3) is 1.00. The molecule has 0 aromatic heterocycles. The number of hydrogen-bond donors (Lipinski definition) is 0. The summed E-state index contributed by atoms with van der Waals surface area (Å²) in [4.78, 5) is 0. The fourth-order valence-electron chi connectivity index (χ4n) is 0. The molecule has 0 radical (unpaired) electrons. The lowest BCUT2D eigenvalue weighted by Gasteiger charge is -2.11. The largest absolute Gasteiger partial charge is 0.799 e. The summed E-state index contributed by atoms with van der Waals surface area (Å²) in [6.45, 7) is 0.299. The van der Waals surface area contributed by atoms with E-state index in [0.29, 0.717) is 6.92 Å². The van der Waals surface area contributed by atoms with Gasteiger partial charge in [-0.15, -0.1) is 0 Å². The zero-order valence-corrected chi connectivity index (χ0v) is 2.66. The molecule has 0 amide bonds. The Morgan fingerprint density at radius 3 is 1.60 bits per heavy atom. The highest BCUT2D eigenvalue weighted by molar-refractivity contribution is 4.20. The number of rotatable bonds is 0. The molecule has 0 aliphatic heterocycles. The van der Waals surface area contributed by atoms with Crippen molar-refractivity contribution in [2.75, 3.05) is 0 Å². The summed E-state index contributed by atoms with van der Waals surface area (Å²) in [6, 6.07) is 0. The Morgan fingerprint density at radius 2 is 1.60 bits per heavy atom. The smallest absolute Gasteiger partial charge is 0.183 e. The second-order valence-corrected chi connectivity index (χ2v) is 0.808. The molecule has 0 heterocycles. The summed E-state index contributed by atoms with van der Waals surface area (Å²) in [5.41, 5.74) is 0. The van der Waals surface area contributed by atoms with Crippen LogP contribution < -0.4 is 5.11 Å². The molecule has 0 aromatic carbocycles. The molecule has 1 nitrogen and oxygen atoms in total. The molecule has 0 aliphatic carbocycles. The van der Waals surface area contributed by atoms with Crippen molar-refractivity contribution >= 4 is 0 Å². The quantitative estimate of drug-likeness (QED) is 0.401. The second kappa shape index (κ2) is 0.897. The Labute approximate surface area is 28.2 Å². The van der Waals surface area contributed by atoms with Gasteiger partial charge < -0.3 is 5.11 Å². The molecule has 0 aliphatic rings. The summed E-state index contributed by atoms with van der Waals surface area (Å²) in [7, 11) is 0. The molecule has 0 atom stereocenters. The van der Waals surface area contributed by atoms with E-state index in [2.05, 4.69) is 0 Å². The Kier molecular flexibility index (Phi) is 0.865. The van der Waals surface area contributed by atoms with Crippen LogP contribution in [0.25, 0.3) is 0 Å². The van der Waals surface area contributed by atoms with Crippen molar-refractivity contribution in [2.45, 2.75) is 13.0 Å². The highest BCUT2D eigenvalue weighted by Gasteiger charge is 1.96. The highest BCUT2D eigenvalue weighted by Crippen LogP contribution is 1.96. The van der Waals surface area contributed by atoms with Crippen molar-refractivity contribution in [3.63, 3.8) is 0 Å². The summed E-state index contributed by atoms with van der Waals surface area (Å²) < 4.78 is 20.9. The van der Waals surface area contributed by atoms with Crippen LogP contribution in [0.4, 0.5) is 8.78 Å². The third kappa shape index (κ3) is 391. The molecule has 32 valence electrons. The summed E-state index contributed by atoms with van der Waals surface area (Å²) in [5, 5.41) is 8.77. The molecular weight excluding hydrogens is 78.0 g/mol. The van der Waals surface area contributed by atoms with Crippen LogP contribution in [0.2, 0.25) is 0 Å². The Balaban J connectivity index is 3.02. The summed E-state index contributed by atoms with van der Waals surface area (Å²) >= 11 is 0. The SMILES string of the molecule is CC([O-])(F)F. The van der Waals surface area contributed by atoms with Gasteiger partial charge in [0.1, 0.15) is 0 Å². The van der Waals surface area contributed by atoms with Gasteiger partial charge in [0.05, 0.1) is 0 Å². The van der Waals surface area contributed by atoms with Crippen LogP contribution in [0.3, 0.4) is 0 Å². The zero-order chi connectivity index (χ0) is 4.50. The van der Waals surface area contributed by atoms with Gasteiger partial charge in [0.2, 0.25) is 0 Å². The molecule has 0 saturated carbocycles. The lowest BCUT2D eigenvalue weighted by Crippen LogP contribution is -2.28. The van der Waals surface area contributed by atoms with Crippen LogP contribution in [0.15, 0.2) is 0 Å². The number of alkyl halides is 2. The van der Waals surface area contributed by atoms with Gasteiger partial charge in [-0.2, -0.15) is 0 Å². The highest BCUT2D eigenvalue weighted by atomic mass is 19.3. The topological polar surface area (TPSA) is 23.1 Å². The van der Waals surface area contributed by atoms with Gasteiger partial charge in [-0.05, 0) is 6.92 Å². The van der Waals surface area contributed by atoms with Crippen LogP contribution in [-0.2, 0) is 0 Å². The van der Waals surface area contributed by atoms with E-state index < -0.39 is 6.11 Å². The van der Waals surface area contributed by atoms with Crippen molar-refractivity contribution in [1.82, 2.24) is 0 Å². The molecule has 3 heteroatoms. The molecule has 0 saturated heterocycles. The van der Waals surface area contributed by atoms with E-state index in [4.69, 9.17) is 5.11 Å². The van der Waals surface area contributed by atoms with E-state index in [1.807, 2.05) is 0 Å². The predicted octanol–water partition coefficient (Wildman–Crippen LogP) is -0.0406. The van der Waals surface area contributed by atoms with Gasteiger partial charge >= 0.3 is 0 Å². The van der Waals surface area contributed by atoms with Gasteiger partial charge in [-0.1, -0.05) is 0 Å². The van der Waals surface area contributed by atoms with Crippen molar-refractivity contribution in [2.24, 2.45) is 0 Å². The van der Waals surface area contributed by atoms with Gasteiger partial charge in [0, 0.05) is 0 Å². The first-order valence-corrected chi connectivity index (χ1v) is 1.08. The van der Waals surface area contributed by atoms with Gasteiger partial charge in [0.15, 0.2) is 6.11 Å². The van der Waals surface area contributed by atoms with Crippen molar-refractivity contribution < 1.29 is 13.9 Å². The maximum Gasteiger partial charge on any atom is 0.183 e. The minimum atomic E-state index is -3.75. The fourth-order valence-corrected chi connectivity index (χ4v) is 0. The average Bonchev–Trinajstić information content (AvgIpc) is 0.722. The molecule has 0 spiro atoms. The normalized spacial score (nSPS) is 12.0. The van der Waals surface area contributed by atoms with Gasteiger partial charge in [-0.3, -0.25) is 0 Å². The lowest BCUT2D eigenvalue weighted by atomic mass is 10.8. The lowest BCUT2D eigenvalue weighted by molar-refractivity contribution is -0.563. The minimum Gasteiger partial charge on any atom is -0.799 e. The zero-order valence-electron chi connectivity index (χ0n) is 2.66. The first-order valence-electron chi connectivity index (χ1n) is 1.08. The molecular formula is C2H3F2O-. The van der Waals surface area contributed by atoms with E-state index in [9.17, 15) is 8.78 Å². The Hall–Kier alpha value is -0.180. The summed E-state index contributed by atoms with van der Waals surface area (Å²) in [5.74, 6) is 0. The molecule has 0 bridgehead atoms. The Morgan fingerprint density at radius 1 is 1.60 bits per heavy atom. The number of halogens is 2. The van der Waals surface area contributed by atoms with Crippen LogP contribution in [0.1, 0.15) is 6.92 Å². The molecule has 0 rings (SSSR count). The molecule has 5 heavy (non-hydrogen) atoms. The van der Waals surface area contributed by atoms with E-state index in [1.54, 1.807) is 0 Å². The maximum atomic E-state index is 10.5. The maximum absolute atomic E-state index is 10.5. The standard InChI is InChI=1S/C2H3F2O/c1-2(3,4)5/h1H3/q-1. The van der Waals surface area contributed by atoms with Crippen LogP contribution in [0.5, 0.6) is 0 Å². The monoisotopic (exact) mass is 81.0 g/mol. The first kappa shape index (κ1) is 4.82. The predicted molar refractivity (Wildman–Crippen MR) is 10.6 cm³/mol. The average molecular weight is 81.0 g/mol. The van der Waals surface area contributed by atoms with Gasteiger partial charge in [0.25, 0.3) is 0 Å². The third-order valence-corrected chi connectivity index (χ3v) is 0. The summed E-state index contributed by atoms with van der Waals surface area (Å²) in [6.07, 6.45) is -3.75. The van der Waals surface area contributed by atoms with Crippen molar-refractivity contribution in [3.8, 4) is 0 Å². The van der Waals surface area contributed by atoms with Crippen LogP contribution in [0, 0.1) is 0 Å². The first-order chi connectivity index (χ1) is 2.00. The second-order valence-electron chi connectivity index (χ2n) is 0.808. The van der Waals surface area contributed by atoms with Crippen molar-refractivity contribution in [3.05, 3.63) is 0 Å². The van der Waals surface area contributed by atoms with E-state index >= 15 is 0 Å². The molecule has 0 unspecified atom stereocenters.